The molecule has 16 heavy (non-hydrogen) atoms. The predicted octanol–water partition coefficient (Wildman–Crippen LogP) is 3.40. The van der Waals surface area contributed by atoms with E-state index in [1.165, 1.54) is 0 Å². The van der Waals surface area contributed by atoms with E-state index in [0.29, 0.717) is 35.3 Å². The van der Waals surface area contributed by atoms with E-state index in [2.05, 4.69) is 0 Å². The van der Waals surface area contributed by atoms with Crippen LogP contribution in [0.4, 0.5) is 0 Å². The van der Waals surface area contributed by atoms with Crippen molar-refractivity contribution in [2.45, 2.75) is 20.3 Å². The topological polar surface area (TPSA) is 42.2 Å². The van der Waals surface area contributed by atoms with Gasteiger partial charge in [-0.3, -0.25) is 0 Å². The van der Waals surface area contributed by atoms with Crippen molar-refractivity contribution in [3.05, 3.63) is 22.7 Å². The summed E-state index contributed by atoms with van der Waals surface area (Å²) in [4.78, 5) is 0. The van der Waals surface area contributed by atoms with Gasteiger partial charge in [0, 0.05) is 12.1 Å². The first-order valence-corrected chi connectivity index (χ1v) is 5.60. The van der Waals surface area contributed by atoms with Crippen LogP contribution in [0.2, 0.25) is 5.02 Å². The maximum atomic E-state index is 8.85. The number of halogens is 1. The van der Waals surface area contributed by atoms with E-state index in [9.17, 15) is 0 Å². The largest absolute Gasteiger partial charge is 0.490 e. The van der Waals surface area contributed by atoms with E-state index < -0.39 is 0 Å². The molecule has 0 aliphatic heterocycles. The van der Waals surface area contributed by atoms with Crippen molar-refractivity contribution in [2.75, 3.05) is 13.2 Å². The van der Waals surface area contributed by atoms with Crippen molar-refractivity contribution in [3.8, 4) is 17.6 Å². The van der Waals surface area contributed by atoms with Gasteiger partial charge in [0.2, 0.25) is 0 Å². The average molecular weight is 240 g/mol. The van der Waals surface area contributed by atoms with Crippen LogP contribution in [-0.4, -0.2) is 13.2 Å². The molecular weight excluding hydrogens is 226 g/mol. The summed E-state index contributed by atoms with van der Waals surface area (Å²) in [5, 5.41) is 9.23. The summed E-state index contributed by atoms with van der Waals surface area (Å²) in [6.07, 6.45) is 0.906. The number of nitrogens with zero attached hydrogens (tertiary/aromatic N) is 1. The molecule has 0 spiro atoms. The Bertz CT molecular complexity index is 399. The third kappa shape index (κ3) is 3.04. The summed E-state index contributed by atoms with van der Waals surface area (Å²) >= 11 is 5.92. The molecule has 0 bridgehead atoms. The molecule has 0 N–H and O–H groups in total. The van der Waals surface area contributed by atoms with Gasteiger partial charge in [0.1, 0.15) is 6.07 Å². The number of benzene rings is 1. The normalized spacial score (nSPS) is 9.62. The maximum Gasteiger partial charge on any atom is 0.162 e. The first-order valence-electron chi connectivity index (χ1n) is 5.22. The SMILES string of the molecule is CCCOc1cc(Cl)c(C#N)cc1OCC. The Hall–Kier alpha value is -1.40. The third-order valence-electron chi connectivity index (χ3n) is 1.92. The zero-order valence-electron chi connectivity index (χ0n) is 9.42. The lowest BCUT2D eigenvalue weighted by molar-refractivity contribution is 0.277. The molecule has 86 valence electrons. The highest BCUT2D eigenvalue weighted by molar-refractivity contribution is 6.31. The van der Waals surface area contributed by atoms with Crippen LogP contribution in [0.5, 0.6) is 11.5 Å². The lowest BCUT2D eigenvalue weighted by atomic mass is 10.2. The van der Waals surface area contributed by atoms with Crippen molar-refractivity contribution in [1.82, 2.24) is 0 Å². The third-order valence-corrected chi connectivity index (χ3v) is 2.23. The van der Waals surface area contributed by atoms with Gasteiger partial charge in [-0.15, -0.1) is 0 Å². The minimum absolute atomic E-state index is 0.386. The van der Waals surface area contributed by atoms with Gasteiger partial charge >= 0.3 is 0 Å². The van der Waals surface area contributed by atoms with E-state index in [1.54, 1.807) is 12.1 Å². The van der Waals surface area contributed by atoms with Crippen LogP contribution >= 0.6 is 11.6 Å². The number of ether oxygens (including phenoxy) is 2. The van der Waals surface area contributed by atoms with Gasteiger partial charge < -0.3 is 9.47 Å². The first kappa shape index (κ1) is 12.7. The molecule has 0 atom stereocenters. The van der Waals surface area contributed by atoms with Crippen LogP contribution in [0.15, 0.2) is 12.1 Å². The Balaban J connectivity index is 3.04. The molecule has 0 aliphatic rings. The van der Waals surface area contributed by atoms with Gasteiger partial charge in [-0.1, -0.05) is 18.5 Å². The molecular formula is C12H14ClNO2. The second-order valence-corrected chi connectivity index (χ2v) is 3.58. The minimum Gasteiger partial charge on any atom is -0.490 e. The molecule has 0 amide bonds. The summed E-state index contributed by atoms with van der Waals surface area (Å²) in [5.41, 5.74) is 0.397. The van der Waals surface area contributed by atoms with Gasteiger partial charge in [-0.25, -0.2) is 0 Å². The van der Waals surface area contributed by atoms with Crippen LogP contribution in [0, 0.1) is 11.3 Å². The molecule has 1 rings (SSSR count). The van der Waals surface area contributed by atoms with Crippen LogP contribution in [0.25, 0.3) is 0 Å². The Morgan fingerprint density at radius 1 is 1.25 bits per heavy atom. The quantitative estimate of drug-likeness (QED) is 0.791. The second-order valence-electron chi connectivity index (χ2n) is 3.17. The number of hydrogen-bond acceptors (Lipinski definition) is 3. The van der Waals surface area contributed by atoms with E-state index in [4.69, 9.17) is 26.3 Å². The predicted molar refractivity (Wildman–Crippen MR) is 63.1 cm³/mol. The summed E-state index contributed by atoms with van der Waals surface area (Å²) < 4.78 is 10.9. The molecule has 1 aromatic carbocycles. The molecule has 0 radical (unpaired) electrons. The smallest absolute Gasteiger partial charge is 0.162 e. The zero-order chi connectivity index (χ0) is 12.0. The fraction of sp³-hybridized carbons (Fsp3) is 0.417. The maximum absolute atomic E-state index is 8.85. The van der Waals surface area contributed by atoms with Crippen LogP contribution in [0.3, 0.4) is 0 Å². The fourth-order valence-electron chi connectivity index (χ4n) is 1.21. The van der Waals surface area contributed by atoms with Crippen LogP contribution in [0.1, 0.15) is 25.8 Å². The van der Waals surface area contributed by atoms with Crippen LogP contribution in [-0.2, 0) is 0 Å². The molecule has 4 heteroatoms. The highest BCUT2D eigenvalue weighted by Crippen LogP contribution is 2.33. The summed E-state index contributed by atoms with van der Waals surface area (Å²) in [6.45, 7) is 5.02. The first-order chi connectivity index (χ1) is 7.72. The van der Waals surface area contributed by atoms with Gasteiger partial charge in [0.15, 0.2) is 11.5 Å². The highest BCUT2D eigenvalue weighted by atomic mass is 35.5. The van der Waals surface area contributed by atoms with E-state index in [1.807, 2.05) is 19.9 Å². The lowest BCUT2D eigenvalue weighted by Gasteiger charge is -2.12. The molecule has 0 saturated heterocycles. The highest BCUT2D eigenvalue weighted by Gasteiger charge is 2.10. The van der Waals surface area contributed by atoms with E-state index in [-0.39, 0.29) is 0 Å². The average Bonchev–Trinajstić information content (AvgIpc) is 2.29. The Kier molecular flexibility index (Phi) is 4.94. The number of nitriles is 1. The second kappa shape index (κ2) is 6.24. The van der Waals surface area contributed by atoms with Gasteiger partial charge in [-0.2, -0.15) is 5.26 Å². The van der Waals surface area contributed by atoms with Gasteiger partial charge in [0.05, 0.1) is 23.8 Å². The monoisotopic (exact) mass is 239 g/mol. The number of hydrogen-bond donors (Lipinski definition) is 0. The van der Waals surface area contributed by atoms with Crippen molar-refractivity contribution in [1.29, 1.82) is 5.26 Å². The minimum atomic E-state index is 0.386. The lowest BCUT2D eigenvalue weighted by Crippen LogP contribution is -2.00. The standard InChI is InChI=1S/C12H14ClNO2/c1-3-5-16-12-7-10(13)9(8-14)6-11(12)15-4-2/h6-7H,3-5H2,1-2H3. The Morgan fingerprint density at radius 3 is 2.50 bits per heavy atom. The molecule has 0 aliphatic carbocycles. The van der Waals surface area contributed by atoms with Gasteiger partial charge in [-0.05, 0) is 13.3 Å². The van der Waals surface area contributed by atoms with Gasteiger partial charge in [0.25, 0.3) is 0 Å². The van der Waals surface area contributed by atoms with Crippen molar-refractivity contribution < 1.29 is 9.47 Å². The molecule has 3 nitrogen and oxygen atoms in total. The van der Waals surface area contributed by atoms with Crippen molar-refractivity contribution in [2.24, 2.45) is 0 Å². The fourth-order valence-corrected chi connectivity index (χ4v) is 1.41. The molecule has 0 fully saturated rings. The van der Waals surface area contributed by atoms with E-state index >= 15 is 0 Å². The Morgan fingerprint density at radius 2 is 1.94 bits per heavy atom. The Labute approximate surface area is 101 Å². The van der Waals surface area contributed by atoms with E-state index in [0.717, 1.165) is 6.42 Å². The van der Waals surface area contributed by atoms with Crippen molar-refractivity contribution >= 4 is 11.6 Å². The van der Waals surface area contributed by atoms with Crippen molar-refractivity contribution in [3.63, 3.8) is 0 Å². The molecule has 0 unspecified atom stereocenters. The summed E-state index contributed by atoms with van der Waals surface area (Å²) in [7, 11) is 0. The molecule has 0 aromatic heterocycles. The molecule has 0 saturated carbocycles. The molecule has 0 heterocycles. The molecule has 1 aromatic rings. The summed E-state index contributed by atoms with van der Waals surface area (Å²) in [6, 6.07) is 5.24. The number of rotatable bonds is 5. The summed E-state index contributed by atoms with van der Waals surface area (Å²) in [5.74, 6) is 1.16. The zero-order valence-corrected chi connectivity index (χ0v) is 10.2. The van der Waals surface area contributed by atoms with Crippen LogP contribution < -0.4 is 9.47 Å².